The molecular formula is C18H22O3. The summed E-state index contributed by atoms with van der Waals surface area (Å²) >= 11 is 0. The Labute approximate surface area is 125 Å². The first-order chi connectivity index (χ1) is 10.3. The van der Waals surface area contributed by atoms with Crippen LogP contribution in [0.1, 0.15) is 37.9 Å². The van der Waals surface area contributed by atoms with Crippen molar-refractivity contribution < 1.29 is 14.6 Å². The van der Waals surface area contributed by atoms with Crippen LogP contribution in [0, 0.1) is 0 Å². The van der Waals surface area contributed by atoms with Gasteiger partial charge in [0.05, 0.1) is 12.2 Å². The van der Waals surface area contributed by atoms with Gasteiger partial charge < -0.3 is 14.6 Å². The maximum atomic E-state index is 9.99. The summed E-state index contributed by atoms with van der Waals surface area (Å²) in [5, 5.41) is 12.2. The van der Waals surface area contributed by atoms with Crippen LogP contribution in [0.5, 0.6) is 5.75 Å². The van der Waals surface area contributed by atoms with E-state index in [9.17, 15) is 5.11 Å². The van der Waals surface area contributed by atoms with Gasteiger partial charge in [0.25, 0.3) is 0 Å². The van der Waals surface area contributed by atoms with Gasteiger partial charge in [-0.15, -0.1) is 0 Å². The van der Waals surface area contributed by atoms with Crippen molar-refractivity contribution in [1.29, 1.82) is 0 Å². The van der Waals surface area contributed by atoms with Crippen molar-refractivity contribution in [3.8, 4) is 5.75 Å². The van der Waals surface area contributed by atoms with Crippen LogP contribution in [-0.4, -0.2) is 24.4 Å². The summed E-state index contributed by atoms with van der Waals surface area (Å²) < 4.78 is 11.8. The standard InChI is InChI=1S/C18H22O3/c1-13(19)16-10-9-14-6-2-3-8-17(14)18(16)21-12-15-7-4-5-11-20-15/h2-3,6,8-10,13,15,19H,4-5,7,11-12H2,1H3/t13-,15?/m0/s1. The quantitative estimate of drug-likeness (QED) is 0.928. The zero-order valence-corrected chi connectivity index (χ0v) is 12.4. The summed E-state index contributed by atoms with van der Waals surface area (Å²) in [6.07, 6.45) is 3.02. The van der Waals surface area contributed by atoms with Gasteiger partial charge in [0, 0.05) is 17.6 Å². The second kappa shape index (κ2) is 6.46. The molecule has 1 N–H and O–H groups in total. The Morgan fingerprint density at radius 1 is 1.24 bits per heavy atom. The molecule has 0 aromatic heterocycles. The van der Waals surface area contributed by atoms with Gasteiger partial charge in [0.15, 0.2) is 0 Å². The molecule has 2 atom stereocenters. The highest BCUT2D eigenvalue weighted by Gasteiger charge is 2.18. The smallest absolute Gasteiger partial charge is 0.133 e. The third-order valence-electron chi connectivity index (χ3n) is 4.05. The Morgan fingerprint density at radius 2 is 2.10 bits per heavy atom. The maximum Gasteiger partial charge on any atom is 0.133 e. The molecule has 0 aliphatic carbocycles. The van der Waals surface area contributed by atoms with Crippen molar-refractivity contribution >= 4 is 10.8 Å². The molecular weight excluding hydrogens is 264 g/mol. The van der Waals surface area contributed by atoms with Crippen molar-refractivity contribution in [1.82, 2.24) is 0 Å². The second-order valence-electron chi connectivity index (χ2n) is 5.68. The lowest BCUT2D eigenvalue weighted by atomic mass is 10.0. The van der Waals surface area contributed by atoms with Crippen LogP contribution >= 0.6 is 0 Å². The molecule has 112 valence electrons. The second-order valence-corrected chi connectivity index (χ2v) is 5.68. The van der Waals surface area contributed by atoms with Gasteiger partial charge in [-0.25, -0.2) is 0 Å². The van der Waals surface area contributed by atoms with Crippen LogP contribution < -0.4 is 4.74 Å². The molecule has 3 heteroatoms. The number of benzene rings is 2. The molecule has 2 aromatic carbocycles. The highest BCUT2D eigenvalue weighted by molar-refractivity contribution is 5.89. The molecule has 0 amide bonds. The Hall–Kier alpha value is -1.58. The average Bonchev–Trinajstić information content (AvgIpc) is 2.53. The fraction of sp³-hybridized carbons (Fsp3) is 0.444. The van der Waals surface area contributed by atoms with Crippen molar-refractivity contribution in [2.24, 2.45) is 0 Å². The molecule has 0 bridgehead atoms. The highest BCUT2D eigenvalue weighted by atomic mass is 16.5. The SMILES string of the molecule is C[C@H](O)c1ccc2ccccc2c1OCC1CCCCO1. The first-order valence-electron chi connectivity index (χ1n) is 7.70. The largest absolute Gasteiger partial charge is 0.490 e. The minimum atomic E-state index is -0.545. The molecule has 21 heavy (non-hydrogen) atoms. The monoisotopic (exact) mass is 286 g/mol. The molecule has 0 radical (unpaired) electrons. The molecule has 1 aliphatic heterocycles. The lowest BCUT2D eigenvalue weighted by Gasteiger charge is -2.24. The maximum absolute atomic E-state index is 9.99. The van der Waals surface area contributed by atoms with E-state index in [0.717, 1.165) is 41.5 Å². The number of ether oxygens (including phenoxy) is 2. The van der Waals surface area contributed by atoms with Crippen molar-refractivity contribution in [3.63, 3.8) is 0 Å². The van der Waals surface area contributed by atoms with Crippen molar-refractivity contribution in [3.05, 3.63) is 42.0 Å². The van der Waals surface area contributed by atoms with E-state index >= 15 is 0 Å². The third kappa shape index (κ3) is 3.20. The van der Waals surface area contributed by atoms with Crippen LogP contribution in [0.4, 0.5) is 0 Å². The molecule has 1 saturated heterocycles. The Morgan fingerprint density at radius 3 is 2.86 bits per heavy atom. The summed E-state index contributed by atoms with van der Waals surface area (Å²) in [6.45, 7) is 3.15. The van der Waals surface area contributed by atoms with Crippen molar-refractivity contribution in [2.75, 3.05) is 13.2 Å². The van der Waals surface area contributed by atoms with E-state index in [1.54, 1.807) is 6.92 Å². The van der Waals surface area contributed by atoms with Gasteiger partial charge in [-0.05, 0) is 31.6 Å². The van der Waals surface area contributed by atoms with E-state index in [-0.39, 0.29) is 6.10 Å². The Kier molecular flexibility index (Phi) is 4.42. The highest BCUT2D eigenvalue weighted by Crippen LogP contribution is 2.34. The number of hydrogen-bond donors (Lipinski definition) is 1. The molecule has 3 rings (SSSR count). The Bertz CT molecular complexity index is 600. The van der Waals surface area contributed by atoms with Crippen LogP contribution in [0.25, 0.3) is 10.8 Å². The van der Waals surface area contributed by atoms with Crippen LogP contribution in [0.3, 0.4) is 0 Å². The fourth-order valence-corrected chi connectivity index (χ4v) is 2.87. The van der Waals surface area contributed by atoms with E-state index in [0.29, 0.717) is 6.61 Å². The first kappa shape index (κ1) is 14.4. The average molecular weight is 286 g/mol. The number of aliphatic hydroxyl groups excluding tert-OH is 1. The number of hydrogen-bond acceptors (Lipinski definition) is 3. The summed E-state index contributed by atoms with van der Waals surface area (Å²) in [5.74, 6) is 0.789. The van der Waals surface area contributed by atoms with E-state index < -0.39 is 6.10 Å². The lowest BCUT2D eigenvalue weighted by Crippen LogP contribution is -2.26. The zero-order valence-electron chi connectivity index (χ0n) is 12.4. The predicted octanol–water partition coefficient (Wildman–Crippen LogP) is 3.84. The minimum absolute atomic E-state index is 0.166. The van der Waals surface area contributed by atoms with E-state index in [4.69, 9.17) is 9.47 Å². The Balaban J connectivity index is 1.88. The summed E-state index contributed by atoms with van der Waals surface area (Å²) in [5.41, 5.74) is 0.838. The number of fused-ring (bicyclic) bond motifs is 1. The fourth-order valence-electron chi connectivity index (χ4n) is 2.87. The molecule has 3 nitrogen and oxygen atoms in total. The normalized spacial score (nSPS) is 20.4. The van der Waals surface area contributed by atoms with E-state index in [1.165, 1.54) is 6.42 Å². The molecule has 1 fully saturated rings. The lowest BCUT2D eigenvalue weighted by molar-refractivity contribution is -0.0113. The van der Waals surface area contributed by atoms with Crippen LogP contribution in [0.2, 0.25) is 0 Å². The van der Waals surface area contributed by atoms with E-state index in [1.807, 2.05) is 30.3 Å². The van der Waals surface area contributed by atoms with Crippen molar-refractivity contribution in [2.45, 2.75) is 38.4 Å². The summed E-state index contributed by atoms with van der Waals surface area (Å²) in [7, 11) is 0. The van der Waals surface area contributed by atoms with Gasteiger partial charge in [-0.3, -0.25) is 0 Å². The van der Waals surface area contributed by atoms with Gasteiger partial charge in [-0.1, -0.05) is 36.4 Å². The van der Waals surface area contributed by atoms with Gasteiger partial charge in [0.1, 0.15) is 12.4 Å². The molecule has 1 heterocycles. The molecule has 2 aromatic rings. The minimum Gasteiger partial charge on any atom is -0.490 e. The molecule has 1 unspecified atom stereocenters. The summed E-state index contributed by atoms with van der Waals surface area (Å²) in [6, 6.07) is 12.1. The van der Waals surface area contributed by atoms with Gasteiger partial charge in [0.2, 0.25) is 0 Å². The number of aliphatic hydroxyl groups is 1. The third-order valence-corrected chi connectivity index (χ3v) is 4.05. The van der Waals surface area contributed by atoms with Gasteiger partial charge in [-0.2, -0.15) is 0 Å². The first-order valence-corrected chi connectivity index (χ1v) is 7.70. The molecule has 0 saturated carbocycles. The van der Waals surface area contributed by atoms with E-state index in [2.05, 4.69) is 6.07 Å². The predicted molar refractivity (Wildman–Crippen MR) is 83.7 cm³/mol. The molecule has 0 spiro atoms. The zero-order chi connectivity index (χ0) is 14.7. The summed E-state index contributed by atoms with van der Waals surface area (Å²) in [4.78, 5) is 0. The van der Waals surface area contributed by atoms with Gasteiger partial charge >= 0.3 is 0 Å². The van der Waals surface area contributed by atoms with Crippen LogP contribution in [0.15, 0.2) is 36.4 Å². The number of rotatable bonds is 4. The molecule has 1 aliphatic rings. The topological polar surface area (TPSA) is 38.7 Å². The van der Waals surface area contributed by atoms with Crippen LogP contribution in [-0.2, 0) is 4.74 Å².